The molecule has 4 rings (SSSR count). The molecule has 1 aromatic heterocycles. The van der Waals surface area contributed by atoms with Crippen molar-refractivity contribution in [1.82, 2.24) is 14.8 Å². The highest BCUT2D eigenvalue weighted by Crippen LogP contribution is 2.28. The first-order chi connectivity index (χ1) is 15.1. The molecular formula is C23H20N4O3S. The molecule has 0 unspecified atom stereocenters. The van der Waals surface area contributed by atoms with E-state index in [1.807, 2.05) is 53.1 Å². The Morgan fingerprint density at radius 1 is 0.968 bits per heavy atom. The lowest BCUT2D eigenvalue weighted by Crippen LogP contribution is -2.04. The molecule has 156 valence electrons. The molecule has 0 amide bonds. The summed E-state index contributed by atoms with van der Waals surface area (Å²) in [6.07, 6.45) is 0.636. The molecule has 31 heavy (non-hydrogen) atoms. The summed E-state index contributed by atoms with van der Waals surface area (Å²) in [5.74, 6) is 2.13. The maximum atomic E-state index is 11.1. The number of aromatic nitrogens is 3. The Hall–Kier alpha value is -3.65. The molecule has 0 aliphatic heterocycles. The Labute approximate surface area is 183 Å². The summed E-state index contributed by atoms with van der Waals surface area (Å²) in [6.45, 7) is 0. The van der Waals surface area contributed by atoms with E-state index in [0.717, 1.165) is 33.5 Å². The summed E-state index contributed by atoms with van der Waals surface area (Å²) in [6, 6.07) is 24.5. The number of nitrogens with zero attached hydrogens (tertiary/aromatic N) is 4. The zero-order valence-corrected chi connectivity index (χ0v) is 17.7. The fourth-order valence-electron chi connectivity index (χ4n) is 3.19. The summed E-state index contributed by atoms with van der Waals surface area (Å²) >= 11 is 1.49. The molecule has 7 nitrogen and oxygen atoms in total. The molecule has 0 spiro atoms. The van der Waals surface area contributed by atoms with Crippen LogP contribution in [0.3, 0.4) is 0 Å². The predicted octanol–water partition coefficient (Wildman–Crippen LogP) is 5.07. The van der Waals surface area contributed by atoms with Gasteiger partial charge >= 0.3 is 0 Å². The van der Waals surface area contributed by atoms with Crippen molar-refractivity contribution in [3.63, 3.8) is 0 Å². The van der Waals surface area contributed by atoms with Crippen molar-refractivity contribution in [3.8, 4) is 11.4 Å². The van der Waals surface area contributed by atoms with Crippen LogP contribution in [-0.2, 0) is 12.2 Å². The number of benzene rings is 3. The van der Waals surface area contributed by atoms with Crippen LogP contribution in [0.2, 0.25) is 0 Å². The minimum absolute atomic E-state index is 0.0829. The van der Waals surface area contributed by atoms with Crippen LogP contribution >= 0.6 is 11.8 Å². The molecule has 0 N–H and O–H groups in total. The maximum Gasteiger partial charge on any atom is 0.269 e. The van der Waals surface area contributed by atoms with Gasteiger partial charge in [-0.1, -0.05) is 54.2 Å². The van der Waals surface area contributed by atoms with Gasteiger partial charge in [0.05, 0.1) is 12.0 Å². The molecule has 3 aromatic carbocycles. The van der Waals surface area contributed by atoms with Gasteiger partial charge in [0.2, 0.25) is 0 Å². The van der Waals surface area contributed by atoms with E-state index < -0.39 is 0 Å². The van der Waals surface area contributed by atoms with E-state index in [-0.39, 0.29) is 10.6 Å². The van der Waals surface area contributed by atoms with Gasteiger partial charge in [0.1, 0.15) is 11.6 Å². The Kier molecular flexibility index (Phi) is 6.28. The Morgan fingerprint density at radius 3 is 2.42 bits per heavy atom. The van der Waals surface area contributed by atoms with E-state index >= 15 is 0 Å². The summed E-state index contributed by atoms with van der Waals surface area (Å²) in [5.41, 5.74) is 3.01. The second kappa shape index (κ2) is 9.44. The highest BCUT2D eigenvalue weighted by atomic mass is 32.2. The van der Waals surface area contributed by atoms with E-state index in [1.54, 1.807) is 19.2 Å². The number of hydrogen-bond donors (Lipinski definition) is 0. The fraction of sp³-hybridized carbons (Fsp3) is 0.130. The number of thioether (sulfide) groups is 1. The molecule has 0 aliphatic carbocycles. The largest absolute Gasteiger partial charge is 0.497 e. The van der Waals surface area contributed by atoms with Crippen molar-refractivity contribution in [2.24, 2.45) is 0 Å². The number of non-ortho nitro benzene ring substituents is 1. The van der Waals surface area contributed by atoms with Gasteiger partial charge in [-0.3, -0.25) is 14.7 Å². The Balaban J connectivity index is 1.65. The van der Waals surface area contributed by atoms with Gasteiger partial charge in [0.15, 0.2) is 5.16 Å². The van der Waals surface area contributed by atoms with Crippen LogP contribution in [0, 0.1) is 10.1 Å². The first-order valence-corrected chi connectivity index (χ1v) is 10.6. The number of ether oxygens (including phenoxy) is 1. The van der Waals surface area contributed by atoms with E-state index in [1.165, 1.54) is 17.8 Å². The predicted molar refractivity (Wildman–Crippen MR) is 120 cm³/mol. The number of hydrogen-bond acceptors (Lipinski definition) is 6. The molecule has 8 heteroatoms. The van der Waals surface area contributed by atoms with Crippen molar-refractivity contribution >= 4 is 17.4 Å². The average Bonchev–Trinajstić information content (AvgIpc) is 3.21. The van der Waals surface area contributed by atoms with Crippen LogP contribution in [0.5, 0.6) is 5.75 Å². The van der Waals surface area contributed by atoms with Crippen LogP contribution in [-0.4, -0.2) is 26.8 Å². The Bertz CT molecular complexity index is 1180. The zero-order valence-electron chi connectivity index (χ0n) is 16.8. The van der Waals surface area contributed by atoms with Gasteiger partial charge in [0, 0.05) is 30.0 Å². The smallest absolute Gasteiger partial charge is 0.269 e. The van der Waals surface area contributed by atoms with E-state index in [2.05, 4.69) is 22.3 Å². The van der Waals surface area contributed by atoms with Crippen molar-refractivity contribution < 1.29 is 9.66 Å². The highest BCUT2D eigenvalue weighted by Gasteiger charge is 2.16. The van der Waals surface area contributed by atoms with Crippen molar-refractivity contribution in [2.75, 3.05) is 7.11 Å². The lowest BCUT2D eigenvalue weighted by molar-refractivity contribution is -0.384. The van der Waals surface area contributed by atoms with Gasteiger partial charge in [-0.05, 0) is 35.4 Å². The van der Waals surface area contributed by atoms with E-state index in [0.29, 0.717) is 12.2 Å². The van der Waals surface area contributed by atoms with Gasteiger partial charge in [0.25, 0.3) is 5.69 Å². The minimum Gasteiger partial charge on any atom is -0.497 e. The van der Waals surface area contributed by atoms with Crippen molar-refractivity contribution in [3.05, 3.63) is 106 Å². The zero-order chi connectivity index (χ0) is 21.6. The minimum atomic E-state index is -0.383. The quantitative estimate of drug-likeness (QED) is 0.220. The number of rotatable bonds is 8. The molecule has 0 fully saturated rings. The molecule has 1 heterocycles. The maximum absolute atomic E-state index is 11.1. The molecule has 0 saturated heterocycles. The lowest BCUT2D eigenvalue weighted by atomic mass is 10.1. The van der Waals surface area contributed by atoms with Crippen LogP contribution in [0.1, 0.15) is 17.0 Å². The standard InChI is InChI=1S/C23H20N4O3S/c1-30-21-12-10-19(11-13-21)26-22(15-17-6-3-2-4-7-17)24-25-23(26)31-16-18-8-5-9-20(14-18)27(28)29/h2-14H,15-16H2,1H3. The van der Waals surface area contributed by atoms with Crippen LogP contribution in [0.4, 0.5) is 5.69 Å². The molecule has 0 aliphatic rings. The summed E-state index contributed by atoms with van der Waals surface area (Å²) < 4.78 is 7.30. The normalized spacial score (nSPS) is 10.7. The van der Waals surface area contributed by atoms with E-state index in [4.69, 9.17) is 4.74 Å². The monoisotopic (exact) mass is 432 g/mol. The van der Waals surface area contributed by atoms with Crippen LogP contribution in [0.15, 0.2) is 84.0 Å². The SMILES string of the molecule is COc1ccc(-n2c(Cc3ccccc3)nnc2SCc2cccc([N+](=O)[O-])c2)cc1. The first kappa shape index (κ1) is 20.6. The van der Waals surface area contributed by atoms with Gasteiger partial charge < -0.3 is 4.74 Å². The Morgan fingerprint density at radius 2 is 1.71 bits per heavy atom. The molecule has 4 aromatic rings. The lowest BCUT2D eigenvalue weighted by Gasteiger charge is -2.11. The van der Waals surface area contributed by atoms with Crippen LogP contribution in [0.25, 0.3) is 5.69 Å². The summed E-state index contributed by atoms with van der Waals surface area (Å²) in [7, 11) is 1.63. The van der Waals surface area contributed by atoms with Crippen LogP contribution < -0.4 is 4.74 Å². The average molecular weight is 433 g/mol. The second-order valence-corrected chi connectivity index (χ2v) is 7.75. The summed E-state index contributed by atoms with van der Waals surface area (Å²) in [5, 5.41) is 20.6. The molecular weight excluding hydrogens is 412 g/mol. The third kappa shape index (κ3) is 4.92. The molecule has 0 saturated carbocycles. The number of methoxy groups -OCH3 is 1. The third-order valence-corrected chi connectivity index (χ3v) is 5.73. The fourth-order valence-corrected chi connectivity index (χ4v) is 4.10. The van der Waals surface area contributed by atoms with E-state index in [9.17, 15) is 10.1 Å². The summed E-state index contributed by atoms with van der Waals surface area (Å²) in [4.78, 5) is 10.7. The molecule has 0 atom stereocenters. The highest BCUT2D eigenvalue weighted by molar-refractivity contribution is 7.98. The molecule has 0 radical (unpaired) electrons. The molecule has 0 bridgehead atoms. The second-order valence-electron chi connectivity index (χ2n) is 6.81. The van der Waals surface area contributed by atoms with Gasteiger partial charge in [-0.25, -0.2) is 0 Å². The third-order valence-electron chi connectivity index (χ3n) is 4.73. The first-order valence-electron chi connectivity index (χ1n) is 9.63. The van der Waals surface area contributed by atoms with Gasteiger partial charge in [-0.15, -0.1) is 10.2 Å². The number of nitro groups is 1. The van der Waals surface area contributed by atoms with Gasteiger partial charge in [-0.2, -0.15) is 0 Å². The van der Waals surface area contributed by atoms with Crippen molar-refractivity contribution in [1.29, 1.82) is 0 Å². The van der Waals surface area contributed by atoms with Crippen molar-refractivity contribution in [2.45, 2.75) is 17.3 Å². The number of nitro benzene ring substituents is 1. The topological polar surface area (TPSA) is 83.1 Å².